The van der Waals surface area contributed by atoms with E-state index in [1.54, 1.807) is 0 Å². The second-order valence-corrected chi connectivity index (χ2v) is 4.47. The van der Waals surface area contributed by atoms with Crippen LogP contribution in [0.5, 0.6) is 0 Å². The molecule has 1 aliphatic rings. The van der Waals surface area contributed by atoms with Crippen molar-refractivity contribution in [3.05, 3.63) is 36.3 Å². The summed E-state index contributed by atoms with van der Waals surface area (Å²) < 4.78 is 7.27. The number of fused-ring (bicyclic) bond motifs is 1. The van der Waals surface area contributed by atoms with Crippen LogP contribution in [0.25, 0.3) is 5.65 Å². The van der Waals surface area contributed by atoms with Gasteiger partial charge in [-0.2, -0.15) is 0 Å². The molecule has 1 saturated heterocycles. The molecule has 19 heavy (non-hydrogen) atoms. The van der Waals surface area contributed by atoms with E-state index in [2.05, 4.69) is 9.98 Å². The van der Waals surface area contributed by atoms with Gasteiger partial charge in [0.2, 0.25) is 0 Å². The predicted molar refractivity (Wildman–Crippen MR) is 72.9 cm³/mol. The van der Waals surface area contributed by atoms with Crippen molar-refractivity contribution in [1.82, 2.24) is 14.3 Å². The maximum Gasteiger partial charge on any atom is 0.191 e. The molecule has 2 aromatic heterocycles. The molecule has 0 saturated carbocycles. The van der Waals surface area contributed by atoms with Gasteiger partial charge in [0, 0.05) is 25.5 Å². The van der Waals surface area contributed by atoms with E-state index < -0.39 is 0 Å². The maximum atomic E-state index is 5.98. The molecule has 6 heteroatoms. The predicted octanol–water partition coefficient (Wildman–Crippen LogP) is 0.481. The summed E-state index contributed by atoms with van der Waals surface area (Å²) in [6.45, 7) is 3.54. The van der Waals surface area contributed by atoms with E-state index >= 15 is 0 Å². The van der Waals surface area contributed by atoms with Crippen molar-refractivity contribution in [3.63, 3.8) is 0 Å². The Labute approximate surface area is 111 Å². The third-order valence-corrected chi connectivity index (χ3v) is 3.15. The Morgan fingerprint density at radius 3 is 3.00 bits per heavy atom. The van der Waals surface area contributed by atoms with Crippen molar-refractivity contribution in [3.8, 4) is 0 Å². The number of aromatic nitrogens is 2. The van der Waals surface area contributed by atoms with Crippen molar-refractivity contribution in [2.75, 3.05) is 26.3 Å². The lowest BCUT2D eigenvalue weighted by atomic mass is 10.4. The SMILES string of the molecule is NC(=NCc1cn2ccccc2n1)N1CCOCC1. The van der Waals surface area contributed by atoms with Crippen molar-refractivity contribution in [1.29, 1.82) is 0 Å². The number of imidazole rings is 1. The zero-order chi connectivity index (χ0) is 13.1. The summed E-state index contributed by atoms with van der Waals surface area (Å²) in [4.78, 5) is 10.9. The minimum atomic E-state index is 0.505. The summed E-state index contributed by atoms with van der Waals surface area (Å²) in [6.07, 6.45) is 3.95. The van der Waals surface area contributed by atoms with Crippen LogP contribution in [0, 0.1) is 0 Å². The highest BCUT2D eigenvalue weighted by Crippen LogP contribution is 2.06. The normalized spacial score (nSPS) is 17.1. The van der Waals surface area contributed by atoms with E-state index in [9.17, 15) is 0 Å². The highest BCUT2D eigenvalue weighted by Gasteiger charge is 2.12. The number of ether oxygens (including phenoxy) is 1. The van der Waals surface area contributed by atoms with Gasteiger partial charge in [-0.25, -0.2) is 9.98 Å². The van der Waals surface area contributed by atoms with Crippen molar-refractivity contribution < 1.29 is 4.74 Å². The largest absolute Gasteiger partial charge is 0.378 e. The van der Waals surface area contributed by atoms with E-state index in [4.69, 9.17) is 10.5 Å². The smallest absolute Gasteiger partial charge is 0.191 e. The van der Waals surface area contributed by atoms with Crippen molar-refractivity contribution in [2.45, 2.75) is 6.54 Å². The number of guanidine groups is 1. The average molecular weight is 259 g/mol. The number of hydrogen-bond acceptors (Lipinski definition) is 3. The van der Waals surface area contributed by atoms with Crippen LogP contribution >= 0.6 is 0 Å². The number of aliphatic imine (C=N–C) groups is 1. The quantitative estimate of drug-likeness (QED) is 0.629. The van der Waals surface area contributed by atoms with Crippen LogP contribution < -0.4 is 5.73 Å². The minimum absolute atomic E-state index is 0.505. The van der Waals surface area contributed by atoms with E-state index in [-0.39, 0.29) is 0 Å². The molecule has 0 bridgehead atoms. The fourth-order valence-electron chi connectivity index (χ4n) is 2.12. The third kappa shape index (κ3) is 2.68. The van der Waals surface area contributed by atoms with E-state index in [0.717, 1.165) is 24.4 Å². The van der Waals surface area contributed by atoms with Crippen LogP contribution in [-0.4, -0.2) is 46.5 Å². The molecule has 3 heterocycles. The standard InChI is InChI=1S/C13H17N5O/c14-13(17-5-7-19-8-6-17)15-9-11-10-18-4-2-1-3-12(18)16-11/h1-4,10H,5-9H2,(H2,14,15). The average Bonchev–Trinajstić information content (AvgIpc) is 2.88. The Hall–Kier alpha value is -2.08. The summed E-state index contributed by atoms with van der Waals surface area (Å²) in [6, 6.07) is 5.92. The topological polar surface area (TPSA) is 68.1 Å². The summed E-state index contributed by atoms with van der Waals surface area (Å²) in [7, 11) is 0. The molecule has 2 N–H and O–H groups in total. The number of hydrogen-bond donors (Lipinski definition) is 1. The van der Waals surface area contributed by atoms with Crippen LogP contribution in [0.4, 0.5) is 0 Å². The molecular weight excluding hydrogens is 242 g/mol. The summed E-state index contributed by atoms with van der Waals surface area (Å²) in [5.74, 6) is 0.570. The Morgan fingerprint density at radius 2 is 2.21 bits per heavy atom. The number of nitrogens with two attached hydrogens (primary N) is 1. The van der Waals surface area contributed by atoms with Gasteiger partial charge in [0.25, 0.3) is 0 Å². The molecule has 1 aliphatic heterocycles. The van der Waals surface area contributed by atoms with Crippen LogP contribution in [-0.2, 0) is 11.3 Å². The summed E-state index contributed by atoms with van der Waals surface area (Å²) in [5.41, 5.74) is 7.82. The molecule has 0 amide bonds. The lowest BCUT2D eigenvalue weighted by Crippen LogP contribution is -2.44. The molecule has 100 valence electrons. The van der Waals surface area contributed by atoms with Gasteiger partial charge in [-0.15, -0.1) is 0 Å². The molecular formula is C13H17N5O. The molecule has 2 aromatic rings. The second-order valence-electron chi connectivity index (χ2n) is 4.47. The molecule has 0 unspecified atom stereocenters. The maximum absolute atomic E-state index is 5.98. The first-order chi connectivity index (χ1) is 9.33. The number of nitrogens with zero attached hydrogens (tertiary/aromatic N) is 4. The van der Waals surface area contributed by atoms with Gasteiger partial charge >= 0.3 is 0 Å². The molecule has 3 rings (SSSR count). The van der Waals surface area contributed by atoms with Crippen LogP contribution in [0.1, 0.15) is 5.69 Å². The van der Waals surface area contributed by atoms with Gasteiger partial charge in [-0.3, -0.25) is 0 Å². The highest BCUT2D eigenvalue weighted by molar-refractivity contribution is 5.78. The van der Waals surface area contributed by atoms with Crippen LogP contribution in [0.3, 0.4) is 0 Å². The lowest BCUT2D eigenvalue weighted by molar-refractivity contribution is 0.0674. The van der Waals surface area contributed by atoms with Gasteiger partial charge in [0.05, 0.1) is 25.5 Å². The zero-order valence-corrected chi connectivity index (χ0v) is 10.7. The summed E-state index contributed by atoms with van der Waals surface area (Å²) in [5, 5.41) is 0. The molecule has 0 aromatic carbocycles. The third-order valence-electron chi connectivity index (χ3n) is 3.15. The van der Waals surface area contributed by atoms with Gasteiger partial charge in [-0.1, -0.05) is 6.07 Å². The summed E-state index contributed by atoms with van der Waals surface area (Å²) >= 11 is 0. The second kappa shape index (κ2) is 5.27. The highest BCUT2D eigenvalue weighted by atomic mass is 16.5. The lowest BCUT2D eigenvalue weighted by Gasteiger charge is -2.27. The zero-order valence-electron chi connectivity index (χ0n) is 10.7. The monoisotopic (exact) mass is 259 g/mol. The van der Waals surface area contributed by atoms with Gasteiger partial charge in [0.15, 0.2) is 5.96 Å². The van der Waals surface area contributed by atoms with Crippen molar-refractivity contribution >= 4 is 11.6 Å². The Morgan fingerprint density at radius 1 is 1.37 bits per heavy atom. The first-order valence-electron chi connectivity index (χ1n) is 6.38. The van der Waals surface area contributed by atoms with E-state index in [1.165, 1.54) is 0 Å². The Bertz CT molecular complexity index is 552. The van der Waals surface area contributed by atoms with Gasteiger partial charge in [-0.05, 0) is 12.1 Å². The fraction of sp³-hybridized carbons (Fsp3) is 0.385. The minimum Gasteiger partial charge on any atom is -0.378 e. The van der Waals surface area contributed by atoms with Crippen LogP contribution in [0.15, 0.2) is 35.6 Å². The number of morpholine rings is 1. The van der Waals surface area contributed by atoms with E-state index in [1.807, 2.05) is 39.9 Å². The van der Waals surface area contributed by atoms with Crippen LogP contribution in [0.2, 0.25) is 0 Å². The molecule has 0 spiro atoms. The molecule has 0 atom stereocenters. The molecule has 0 radical (unpaired) electrons. The van der Waals surface area contributed by atoms with Gasteiger partial charge < -0.3 is 19.8 Å². The van der Waals surface area contributed by atoms with Crippen molar-refractivity contribution in [2.24, 2.45) is 10.7 Å². The first-order valence-corrected chi connectivity index (χ1v) is 6.38. The number of rotatable bonds is 2. The molecule has 6 nitrogen and oxygen atoms in total. The fourth-order valence-corrected chi connectivity index (χ4v) is 2.12. The Kier molecular flexibility index (Phi) is 3.33. The van der Waals surface area contributed by atoms with E-state index in [0.29, 0.717) is 25.7 Å². The number of pyridine rings is 1. The first kappa shape index (κ1) is 12.0. The Balaban J connectivity index is 1.70. The molecule has 0 aliphatic carbocycles. The molecule has 1 fully saturated rings. The van der Waals surface area contributed by atoms with Gasteiger partial charge in [0.1, 0.15) is 5.65 Å².